The van der Waals surface area contributed by atoms with Crippen LogP contribution in [0.15, 0.2) is 41.3 Å². The fourth-order valence-electron chi connectivity index (χ4n) is 2.99. The van der Waals surface area contributed by atoms with Gasteiger partial charge in [-0.05, 0) is 43.7 Å². The second-order valence-corrected chi connectivity index (χ2v) is 9.04. The average molecular weight is 470 g/mol. The molecule has 0 spiro atoms. The quantitative estimate of drug-likeness (QED) is 0.543. The Balaban J connectivity index is 1.95. The normalized spacial score (nSPS) is 11.4. The first kappa shape index (κ1) is 22.3. The van der Waals surface area contributed by atoms with Crippen molar-refractivity contribution in [2.75, 3.05) is 18.9 Å². The van der Waals surface area contributed by atoms with Crippen LogP contribution in [-0.4, -0.2) is 32.4 Å². The topological polar surface area (TPSA) is 82.4 Å². The summed E-state index contributed by atoms with van der Waals surface area (Å²) < 4.78 is 40.9. The van der Waals surface area contributed by atoms with E-state index in [4.69, 9.17) is 32.7 Å². The lowest BCUT2D eigenvalue weighted by Gasteiger charge is -2.13. The van der Waals surface area contributed by atoms with Gasteiger partial charge in [-0.3, -0.25) is 9.40 Å². The maximum Gasteiger partial charge on any atom is 0.265 e. The molecule has 2 aromatic carbocycles. The molecule has 0 unspecified atom stereocenters. The summed E-state index contributed by atoms with van der Waals surface area (Å²) in [6.07, 6.45) is 0. The Labute approximate surface area is 185 Å². The zero-order chi connectivity index (χ0) is 22.1. The largest absolute Gasteiger partial charge is 0.497 e. The Hall–Kier alpha value is -2.42. The van der Waals surface area contributed by atoms with E-state index in [1.807, 2.05) is 6.07 Å². The summed E-state index contributed by atoms with van der Waals surface area (Å²) in [5, 5.41) is 5.38. The molecule has 0 amide bonds. The molecule has 1 aromatic heterocycles. The van der Waals surface area contributed by atoms with Crippen LogP contribution in [0, 0.1) is 13.8 Å². The minimum Gasteiger partial charge on any atom is -0.497 e. The molecule has 0 atom stereocenters. The van der Waals surface area contributed by atoms with Crippen molar-refractivity contribution in [3.63, 3.8) is 0 Å². The average Bonchev–Trinajstić information content (AvgIpc) is 2.97. The Morgan fingerprint density at radius 2 is 1.77 bits per heavy atom. The van der Waals surface area contributed by atoms with Crippen molar-refractivity contribution in [1.29, 1.82) is 0 Å². The molecule has 0 bridgehead atoms. The van der Waals surface area contributed by atoms with Crippen molar-refractivity contribution < 1.29 is 17.9 Å². The predicted molar refractivity (Wildman–Crippen MR) is 118 cm³/mol. The van der Waals surface area contributed by atoms with Crippen molar-refractivity contribution in [2.24, 2.45) is 0 Å². The van der Waals surface area contributed by atoms with Gasteiger partial charge in [0.05, 0.1) is 47.9 Å². The van der Waals surface area contributed by atoms with E-state index in [-0.39, 0.29) is 10.6 Å². The molecule has 1 N–H and O–H groups in total. The van der Waals surface area contributed by atoms with E-state index >= 15 is 0 Å². The van der Waals surface area contributed by atoms with Gasteiger partial charge < -0.3 is 9.47 Å². The van der Waals surface area contributed by atoms with Gasteiger partial charge in [-0.2, -0.15) is 5.10 Å². The molecule has 30 heavy (non-hydrogen) atoms. The highest BCUT2D eigenvalue weighted by atomic mass is 35.5. The SMILES string of the molecule is COc1ccc(OC)c(S(=O)(=O)Nc2c(C)nn(Cc3ccc(Cl)c(Cl)c3)c2C)c1. The number of ether oxygens (including phenoxy) is 2. The molecule has 160 valence electrons. The van der Waals surface area contributed by atoms with Gasteiger partial charge in [-0.25, -0.2) is 8.42 Å². The molecule has 0 saturated heterocycles. The van der Waals surface area contributed by atoms with E-state index in [0.29, 0.717) is 39.4 Å². The Morgan fingerprint density at radius 1 is 1.03 bits per heavy atom. The van der Waals surface area contributed by atoms with Crippen LogP contribution < -0.4 is 14.2 Å². The zero-order valence-corrected chi connectivity index (χ0v) is 19.2. The maximum atomic E-state index is 13.1. The molecule has 7 nitrogen and oxygen atoms in total. The van der Waals surface area contributed by atoms with Gasteiger partial charge in [0.2, 0.25) is 0 Å². The highest BCUT2D eigenvalue weighted by molar-refractivity contribution is 7.92. The lowest BCUT2D eigenvalue weighted by atomic mass is 10.2. The molecule has 0 saturated carbocycles. The molecule has 3 aromatic rings. The van der Waals surface area contributed by atoms with Crippen molar-refractivity contribution in [3.05, 3.63) is 63.4 Å². The third-order valence-electron chi connectivity index (χ3n) is 4.59. The second-order valence-electron chi connectivity index (χ2n) is 6.57. The second kappa shape index (κ2) is 8.75. The number of sulfonamides is 1. The number of methoxy groups -OCH3 is 2. The van der Waals surface area contributed by atoms with Crippen LogP contribution in [0.2, 0.25) is 10.0 Å². The van der Waals surface area contributed by atoms with Crippen molar-refractivity contribution in [2.45, 2.75) is 25.3 Å². The zero-order valence-electron chi connectivity index (χ0n) is 16.9. The Kier molecular flexibility index (Phi) is 6.50. The molecule has 0 radical (unpaired) electrons. The smallest absolute Gasteiger partial charge is 0.265 e. The number of benzene rings is 2. The molecule has 3 rings (SSSR count). The lowest BCUT2D eigenvalue weighted by molar-refractivity contribution is 0.392. The van der Waals surface area contributed by atoms with E-state index in [9.17, 15) is 8.42 Å². The van der Waals surface area contributed by atoms with Gasteiger partial charge in [0.25, 0.3) is 10.0 Å². The molecule has 0 aliphatic heterocycles. The molecule has 1 heterocycles. The predicted octanol–water partition coefficient (Wildman–Crippen LogP) is 4.67. The molecular weight excluding hydrogens is 449 g/mol. The lowest BCUT2D eigenvalue weighted by Crippen LogP contribution is -2.15. The fraction of sp³-hybridized carbons (Fsp3) is 0.250. The summed E-state index contributed by atoms with van der Waals surface area (Å²) in [5.74, 6) is 0.613. The van der Waals surface area contributed by atoms with E-state index in [0.717, 1.165) is 5.56 Å². The van der Waals surface area contributed by atoms with Crippen LogP contribution >= 0.6 is 23.2 Å². The Bertz CT molecular complexity index is 1190. The van der Waals surface area contributed by atoms with Crippen molar-refractivity contribution >= 4 is 38.9 Å². The van der Waals surface area contributed by atoms with Gasteiger partial charge in [-0.15, -0.1) is 0 Å². The highest BCUT2D eigenvalue weighted by Crippen LogP contribution is 2.31. The van der Waals surface area contributed by atoms with Crippen molar-refractivity contribution in [1.82, 2.24) is 9.78 Å². The number of rotatable bonds is 7. The first-order chi connectivity index (χ1) is 14.2. The summed E-state index contributed by atoms with van der Waals surface area (Å²) in [7, 11) is -1.08. The van der Waals surface area contributed by atoms with Crippen LogP contribution in [0.3, 0.4) is 0 Å². The minimum atomic E-state index is -3.95. The minimum absolute atomic E-state index is 0.0274. The molecule has 0 aliphatic carbocycles. The number of aromatic nitrogens is 2. The van der Waals surface area contributed by atoms with Gasteiger partial charge in [0.1, 0.15) is 16.4 Å². The van der Waals surface area contributed by atoms with Crippen molar-refractivity contribution in [3.8, 4) is 11.5 Å². The van der Waals surface area contributed by atoms with E-state index < -0.39 is 10.0 Å². The summed E-state index contributed by atoms with van der Waals surface area (Å²) in [4.78, 5) is -0.0274. The summed E-state index contributed by atoms with van der Waals surface area (Å²) >= 11 is 12.1. The number of hydrogen-bond donors (Lipinski definition) is 1. The van der Waals surface area contributed by atoms with Crippen LogP contribution in [0.1, 0.15) is 17.0 Å². The number of anilines is 1. The van der Waals surface area contributed by atoms with Gasteiger partial charge in [0, 0.05) is 6.07 Å². The van der Waals surface area contributed by atoms with Gasteiger partial charge in [0.15, 0.2) is 0 Å². The van der Waals surface area contributed by atoms with E-state index in [2.05, 4.69) is 9.82 Å². The third-order valence-corrected chi connectivity index (χ3v) is 6.70. The highest BCUT2D eigenvalue weighted by Gasteiger charge is 2.24. The monoisotopic (exact) mass is 469 g/mol. The number of nitrogens with zero attached hydrogens (tertiary/aromatic N) is 2. The molecule has 0 fully saturated rings. The van der Waals surface area contributed by atoms with Gasteiger partial charge >= 0.3 is 0 Å². The van der Waals surface area contributed by atoms with Crippen LogP contribution in [0.5, 0.6) is 11.5 Å². The van der Waals surface area contributed by atoms with Crippen LogP contribution in [0.25, 0.3) is 0 Å². The Morgan fingerprint density at radius 3 is 2.40 bits per heavy atom. The van der Waals surface area contributed by atoms with E-state index in [1.165, 1.54) is 20.3 Å². The van der Waals surface area contributed by atoms with E-state index in [1.54, 1.807) is 42.8 Å². The van der Waals surface area contributed by atoms with Gasteiger partial charge in [-0.1, -0.05) is 29.3 Å². The fourth-order valence-corrected chi connectivity index (χ4v) is 4.68. The summed E-state index contributed by atoms with van der Waals surface area (Å²) in [6.45, 7) is 3.94. The maximum absolute atomic E-state index is 13.1. The summed E-state index contributed by atoms with van der Waals surface area (Å²) in [5.41, 5.74) is 2.49. The molecular formula is C20H21Cl2N3O4S. The van der Waals surface area contributed by atoms with Crippen LogP contribution in [-0.2, 0) is 16.6 Å². The standard InChI is InChI=1S/C20H21Cl2N3O4S/c1-12-20(13(2)25(23-12)11-14-5-7-16(21)17(22)9-14)24-30(26,27)19-10-15(28-3)6-8-18(19)29-4/h5-10,24H,11H2,1-4H3. The number of nitrogens with one attached hydrogen (secondary N) is 1. The van der Waals surface area contributed by atoms with Crippen LogP contribution in [0.4, 0.5) is 5.69 Å². The first-order valence-electron chi connectivity index (χ1n) is 8.89. The summed E-state index contributed by atoms with van der Waals surface area (Å²) in [6, 6.07) is 9.89. The number of halogens is 2. The third kappa shape index (κ3) is 4.50. The first-order valence-corrected chi connectivity index (χ1v) is 11.1. The molecule has 10 heteroatoms. The number of aryl methyl sites for hydroxylation is 1. The number of hydrogen-bond acceptors (Lipinski definition) is 5. The molecule has 0 aliphatic rings.